The fourth-order valence-electron chi connectivity index (χ4n) is 2.79. The Kier molecular flexibility index (Phi) is 5.46. The molecule has 130 valence electrons. The molecule has 25 heavy (non-hydrogen) atoms. The molecule has 1 aromatic heterocycles. The van der Waals surface area contributed by atoms with Gasteiger partial charge in [0.15, 0.2) is 0 Å². The SMILES string of the molecule is Cc1ccc(C=C(Cc2ccc(N3CCOCC3)nc2)C(N)=O)cc1. The van der Waals surface area contributed by atoms with Gasteiger partial charge in [-0.25, -0.2) is 4.98 Å². The van der Waals surface area contributed by atoms with Crippen LogP contribution >= 0.6 is 0 Å². The van der Waals surface area contributed by atoms with E-state index in [1.807, 2.05) is 55.6 Å². The Bertz CT molecular complexity index is 746. The maximum absolute atomic E-state index is 11.8. The second-order valence-electron chi connectivity index (χ2n) is 6.25. The van der Waals surface area contributed by atoms with Gasteiger partial charge in [0.1, 0.15) is 5.82 Å². The predicted molar refractivity (Wildman–Crippen MR) is 99.3 cm³/mol. The molecule has 1 saturated heterocycles. The Morgan fingerprint density at radius 1 is 1.20 bits per heavy atom. The van der Waals surface area contributed by atoms with E-state index in [0.29, 0.717) is 12.0 Å². The Morgan fingerprint density at radius 3 is 2.52 bits per heavy atom. The van der Waals surface area contributed by atoms with Gasteiger partial charge in [-0.1, -0.05) is 35.9 Å². The molecule has 2 N–H and O–H groups in total. The van der Waals surface area contributed by atoms with Crippen molar-refractivity contribution in [3.63, 3.8) is 0 Å². The zero-order valence-electron chi connectivity index (χ0n) is 14.4. The number of ether oxygens (including phenoxy) is 1. The fraction of sp³-hybridized carbons (Fsp3) is 0.300. The molecular weight excluding hydrogens is 314 g/mol. The number of morpholine rings is 1. The van der Waals surface area contributed by atoms with Crippen molar-refractivity contribution in [3.8, 4) is 0 Å². The Balaban J connectivity index is 1.73. The van der Waals surface area contributed by atoms with E-state index in [1.165, 1.54) is 5.56 Å². The third-order valence-electron chi connectivity index (χ3n) is 4.27. The van der Waals surface area contributed by atoms with Gasteiger partial charge in [0, 0.05) is 31.3 Å². The predicted octanol–water partition coefficient (Wildman–Crippen LogP) is 2.34. The molecule has 0 bridgehead atoms. The second-order valence-corrected chi connectivity index (χ2v) is 6.25. The minimum Gasteiger partial charge on any atom is -0.378 e. The molecule has 0 unspecified atom stereocenters. The molecule has 5 heteroatoms. The summed E-state index contributed by atoms with van der Waals surface area (Å²) in [4.78, 5) is 18.5. The highest BCUT2D eigenvalue weighted by molar-refractivity contribution is 5.97. The first-order valence-corrected chi connectivity index (χ1v) is 8.46. The number of anilines is 1. The van der Waals surface area contributed by atoms with E-state index in [-0.39, 0.29) is 0 Å². The standard InChI is InChI=1S/C20H23N3O2/c1-15-2-4-16(5-3-15)12-18(20(21)24)13-17-6-7-19(22-14-17)23-8-10-25-11-9-23/h2-7,12,14H,8-11,13H2,1H3,(H2,21,24). The van der Waals surface area contributed by atoms with Crippen LogP contribution in [-0.2, 0) is 16.0 Å². The maximum Gasteiger partial charge on any atom is 0.244 e. The molecule has 2 aromatic rings. The molecule has 3 rings (SSSR count). The first-order chi connectivity index (χ1) is 12.1. The molecular formula is C20H23N3O2. The minimum absolute atomic E-state index is 0.405. The van der Waals surface area contributed by atoms with Crippen molar-refractivity contribution in [1.82, 2.24) is 4.98 Å². The lowest BCUT2D eigenvalue weighted by atomic mass is 10.0. The van der Waals surface area contributed by atoms with Gasteiger partial charge < -0.3 is 15.4 Å². The highest BCUT2D eigenvalue weighted by Gasteiger charge is 2.13. The number of nitrogens with zero attached hydrogens (tertiary/aromatic N) is 2. The van der Waals surface area contributed by atoms with Gasteiger partial charge in [-0.05, 0) is 30.2 Å². The van der Waals surface area contributed by atoms with Crippen molar-refractivity contribution < 1.29 is 9.53 Å². The fourth-order valence-corrected chi connectivity index (χ4v) is 2.79. The summed E-state index contributed by atoms with van der Waals surface area (Å²) in [5.41, 5.74) is 9.25. The lowest BCUT2D eigenvalue weighted by Gasteiger charge is -2.27. The number of primary amides is 1. The summed E-state index contributed by atoms with van der Waals surface area (Å²) in [6.07, 6.45) is 4.13. The summed E-state index contributed by atoms with van der Waals surface area (Å²) in [5, 5.41) is 0. The van der Waals surface area contributed by atoms with Crippen LogP contribution in [0.1, 0.15) is 16.7 Å². The average molecular weight is 337 g/mol. The van der Waals surface area contributed by atoms with E-state index in [9.17, 15) is 4.79 Å². The molecule has 5 nitrogen and oxygen atoms in total. The topological polar surface area (TPSA) is 68.4 Å². The molecule has 0 aliphatic carbocycles. The number of amides is 1. The van der Waals surface area contributed by atoms with Gasteiger partial charge in [0.05, 0.1) is 13.2 Å². The van der Waals surface area contributed by atoms with Crippen LogP contribution in [0.3, 0.4) is 0 Å². The van der Waals surface area contributed by atoms with Crippen LogP contribution in [0.25, 0.3) is 6.08 Å². The summed E-state index contributed by atoms with van der Waals surface area (Å²) in [5.74, 6) is 0.535. The Hall–Kier alpha value is -2.66. The molecule has 1 aliphatic heterocycles. The van der Waals surface area contributed by atoms with E-state index in [2.05, 4.69) is 9.88 Å². The van der Waals surface area contributed by atoms with Crippen LogP contribution in [0.4, 0.5) is 5.82 Å². The van der Waals surface area contributed by atoms with Crippen molar-refractivity contribution >= 4 is 17.8 Å². The third kappa shape index (κ3) is 4.67. The number of aryl methyl sites for hydroxylation is 1. The maximum atomic E-state index is 11.8. The number of benzene rings is 1. The first kappa shape index (κ1) is 17.2. The summed E-state index contributed by atoms with van der Waals surface area (Å²) in [7, 11) is 0. The molecule has 0 spiro atoms. The Morgan fingerprint density at radius 2 is 1.92 bits per heavy atom. The third-order valence-corrected chi connectivity index (χ3v) is 4.27. The van der Waals surface area contributed by atoms with Crippen molar-refractivity contribution in [1.29, 1.82) is 0 Å². The lowest BCUT2D eigenvalue weighted by Crippen LogP contribution is -2.36. The monoisotopic (exact) mass is 337 g/mol. The quantitative estimate of drug-likeness (QED) is 0.850. The van der Waals surface area contributed by atoms with E-state index in [0.717, 1.165) is 43.2 Å². The van der Waals surface area contributed by atoms with E-state index in [4.69, 9.17) is 10.5 Å². The van der Waals surface area contributed by atoms with Crippen LogP contribution in [-0.4, -0.2) is 37.2 Å². The summed E-state index contributed by atoms with van der Waals surface area (Å²) >= 11 is 0. The second kappa shape index (κ2) is 7.94. The van der Waals surface area contributed by atoms with Crippen LogP contribution in [0.2, 0.25) is 0 Å². The molecule has 1 fully saturated rings. The number of carbonyl (C=O) groups is 1. The number of hydrogen-bond acceptors (Lipinski definition) is 4. The lowest BCUT2D eigenvalue weighted by molar-refractivity contribution is -0.114. The molecule has 1 aromatic carbocycles. The van der Waals surface area contributed by atoms with Gasteiger partial charge >= 0.3 is 0 Å². The highest BCUT2D eigenvalue weighted by atomic mass is 16.5. The van der Waals surface area contributed by atoms with Gasteiger partial charge in [0.2, 0.25) is 5.91 Å². The van der Waals surface area contributed by atoms with Crippen LogP contribution < -0.4 is 10.6 Å². The van der Waals surface area contributed by atoms with E-state index in [1.54, 1.807) is 0 Å². The average Bonchev–Trinajstić information content (AvgIpc) is 2.64. The van der Waals surface area contributed by atoms with Crippen LogP contribution in [0, 0.1) is 6.92 Å². The smallest absolute Gasteiger partial charge is 0.244 e. The summed E-state index contributed by atoms with van der Waals surface area (Å²) in [6, 6.07) is 12.0. The number of pyridine rings is 1. The normalized spacial score (nSPS) is 15.2. The van der Waals surface area contributed by atoms with Crippen molar-refractivity contribution in [2.45, 2.75) is 13.3 Å². The van der Waals surface area contributed by atoms with Crippen molar-refractivity contribution in [3.05, 3.63) is 64.9 Å². The molecule has 0 atom stereocenters. The number of hydrogen-bond donors (Lipinski definition) is 1. The molecule has 0 saturated carbocycles. The molecule has 0 radical (unpaired) electrons. The van der Waals surface area contributed by atoms with Crippen molar-refractivity contribution in [2.24, 2.45) is 5.73 Å². The van der Waals surface area contributed by atoms with Crippen LogP contribution in [0.5, 0.6) is 0 Å². The van der Waals surface area contributed by atoms with Gasteiger partial charge in [-0.15, -0.1) is 0 Å². The number of rotatable bonds is 5. The van der Waals surface area contributed by atoms with E-state index < -0.39 is 5.91 Å². The highest BCUT2D eigenvalue weighted by Crippen LogP contribution is 2.17. The zero-order chi connectivity index (χ0) is 17.6. The molecule has 2 heterocycles. The first-order valence-electron chi connectivity index (χ1n) is 8.46. The van der Waals surface area contributed by atoms with Gasteiger partial charge in [-0.2, -0.15) is 0 Å². The van der Waals surface area contributed by atoms with Crippen LogP contribution in [0.15, 0.2) is 48.2 Å². The number of carbonyl (C=O) groups excluding carboxylic acids is 1. The Labute approximate surface area is 148 Å². The molecule has 1 amide bonds. The molecule has 1 aliphatic rings. The minimum atomic E-state index is -0.405. The number of nitrogens with two attached hydrogens (primary N) is 1. The van der Waals surface area contributed by atoms with Crippen molar-refractivity contribution in [2.75, 3.05) is 31.2 Å². The zero-order valence-corrected chi connectivity index (χ0v) is 14.4. The van der Waals surface area contributed by atoms with Gasteiger partial charge in [-0.3, -0.25) is 4.79 Å². The summed E-state index contributed by atoms with van der Waals surface area (Å²) < 4.78 is 5.36. The van der Waals surface area contributed by atoms with E-state index >= 15 is 0 Å². The van der Waals surface area contributed by atoms with Gasteiger partial charge in [0.25, 0.3) is 0 Å². The largest absolute Gasteiger partial charge is 0.378 e. The summed E-state index contributed by atoms with van der Waals surface area (Å²) in [6.45, 7) is 5.20. The number of aromatic nitrogens is 1.